The molecule has 3 aromatic rings. The molecule has 0 aliphatic rings. The Morgan fingerprint density at radius 3 is 2.48 bits per heavy atom. The summed E-state index contributed by atoms with van der Waals surface area (Å²) >= 11 is 0. The van der Waals surface area contributed by atoms with Gasteiger partial charge in [-0.2, -0.15) is 0 Å². The molecule has 0 atom stereocenters. The van der Waals surface area contributed by atoms with E-state index in [2.05, 4.69) is 11.9 Å². The first-order chi connectivity index (χ1) is 10.3. The molecule has 0 saturated heterocycles. The first kappa shape index (κ1) is 13.6. The van der Waals surface area contributed by atoms with Crippen molar-refractivity contribution in [1.29, 1.82) is 0 Å². The normalized spacial score (nSPS) is 10.9. The Kier molecular flexibility index (Phi) is 3.82. The fourth-order valence-corrected chi connectivity index (χ4v) is 2.51. The minimum absolute atomic E-state index is 0.00616. The van der Waals surface area contributed by atoms with Gasteiger partial charge in [-0.05, 0) is 18.6 Å². The highest BCUT2D eigenvalue weighted by Gasteiger charge is 2.11. The highest BCUT2D eigenvalue weighted by Crippen LogP contribution is 2.17. The van der Waals surface area contributed by atoms with E-state index >= 15 is 0 Å². The van der Waals surface area contributed by atoms with Crippen molar-refractivity contribution in [1.82, 2.24) is 9.55 Å². The van der Waals surface area contributed by atoms with Crippen LogP contribution in [-0.4, -0.2) is 9.55 Å². The summed E-state index contributed by atoms with van der Waals surface area (Å²) in [5, 5.41) is 0. The molecule has 106 valence electrons. The van der Waals surface area contributed by atoms with E-state index in [-0.39, 0.29) is 5.56 Å². The third kappa shape index (κ3) is 2.59. The van der Waals surface area contributed by atoms with E-state index in [1.165, 1.54) is 0 Å². The standard InChI is InChI=1S/C18H18N2O/c1-2-3-13-20-16-12-8-7-11-15(16)19-17(18(20)21)14-9-5-4-6-10-14/h4-12H,2-3,13H2,1H3. The molecule has 0 bridgehead atoms. The van der Waals surface area contributed by atoms with E-state index in [1.807, 2.05) is 59.2 Å². The van der Waals surface area contributed by atoms with Crippen LogP contribution in [0.4, 0.5) is 0 Å². The summed E-state index contributed by atoms with van der Waals surface area (Å²) in [6, 6.07) is 17.5. The van der Waals surface area contributed by atoms with E-state index in [4.69, 9.17) is 0 Å². The van der Waals surface area contributed by atoms with Crippen LogP contribution >= 0.6 is 0 Å². The molecule has 3 rings (SSSR count). The summed E-state index contributed by atoms with van der Waals surface area (Å²) in [7, 11) is 0. The highest BCUT2D eigenvalue weighted by molar-refractivity contribution is 5.77. The maximum atomic E-state index is 12.8. The van der Waals surface area contributed by atoms with Gasteiger partial charge in [-0.1, -0.05) is 55.8 Å². The lowest BCUT2D eigenvalue weighted by Gasteiger charge is -2.11. The lowest BCUT2D eigenvalue weighted by atomic mass is 10.1. The number of aromatic nitrogens is 2. The van der Waals surface area contributed by atoms with Gasteiger partial charge in [-0.25, -0.2) is 4.98 Å². The molecule has 0 N–H and O–H groups in total. The molecule has 0 aliphatic heterocycles. The van der Waals surface area contributed by atoms with Gasteiger partial charge in [0.2, 0.25) is 0 Å². The predicted molar refractivity (Wildman–Crippen MR) is 86.3 cm³/mol. The van der Waals surface area contributed by atoms with Crippen LogP contribution < -0.4 is 5.56 Å². The van der Waals surface area contributed by atoms with Gasteiger partial charge < -0.3 is 4.57 Å². The van der Waals surface area contributed by atoms with E-state index in [0.29, 0.717) is 5.69 Å². The number of para-hydroxylation sites is 2. The molecule has 2 aromatic carbocycles. The minimum atomic E-state index is -0.00616. The number of hydrogen-bond donors (Lipinski definition) is 0. The number of unbranched alkanes of at least 4 members (excludes halogenated alkanes) is 1. The maximum Gasteiger partial charge on any atom is 0.277 e. The van der Waals surface area contributed by atoms with Crippen LogP contribution in [0, 0.1) is 0 Å². The average molecular weight is 278 g/mol. The molecule has 1 heterocycles. The first-order valence-electron chi connectivity index (χ1n) is 7.36. The van der Waals surface area contributed by atoms with Crippen molar-refractivity contribution in [3.8, 4) is 11.3 Å². The zero-order valence-corrected chi connectivity index (χ0v) is 12.1. The summed E-state index contributed by atoms with van der Waals surface area (Å²) in [6.45, 7) is 2.87. The van der Waals surface area contributed by atoms with Crippen LogP contribution in [0.2, 0.25) is 0 Å². The van der Waals surface area contributed by atoms with Gasteiger partial charge in [-0.15, -0.1) is 0 Å². The predicted octanol–water partition coefficient (Wildman–Crippen LogP) is 3.86. The summed E-state index contributed by atoms with van der Waals surface area (Å²) in [6.07, 6.45) is 2.05. The quantitative estimate of drug-likeness (QED) is 0.726. The van der Waals surface area contributed by atoms with Gasteiger partial charge in [0.15, 0.2) is 0 Å². The summed E-state index contributed by atoms with van der Waals surface area (Å²) in [4.78, 5) is 17.4. The summed E-state index contributed by atoms with van der Waals surface area (Å²) in [5.74, 6) is 0. The van der Waals surface area contributed by atoms with Crippen molar-refractivity contribution in [2.24, 2.45) is 0 Å². The number of rotatable bonds is 4. The molecule has 0 spiro atoms. The number of benzene rings is 2. The second-order valence-electron chi connectivity index (χ2n) is 5.13. The molecule has 21 heavy (non-hydrogen) atoms. The number of nitrogens with zero attached hydrogens (tertiary/aromatic N) is 2. The summed E-state index contributed by atoms with van der Waals surface area (Å²) in [5.41, 5.74) is 3.18. The molecule has 3 nitrogen and oxygen atoms in total. The van der Waals surface area contributed by atoms with Crippen molar-refractivity contribution in [2.75, 3.05) is 0 Å². The second-order valence-corrected chi connectivity index (χ2v) is 5.13. The minimum Gasteiger partial charge on any atom is -0.305 e. The number of aryl methyl sites for hydroxylation is 1. The van der Waals surface area contributed by atoms with E-state index in [9.17, 15) is 4.79 Å². The van der Waals surface area contributed by atoms with E-state index in [1.54, 1.807) is 0 Å². The van der Waals surface area contributed by atoms with Gasteiger partial charge in [0, 0.05) is 12.1 Å². The third-order valence-electron chi connectivity index (χ3n) is 3.64. The fraction of sp³-hybridized carbons (Fsp3) is 0.222. The Bertz CT molecular complexity index is 806. The average Bonchev–Trinajstić information content (AvgIpc) is 2.54. The zero-order valence-electron chi connectivity index (χ0n) is 12.1. The van der Waals surface area contributed by atoms with Crippen LogP contribution in [0.25, 0.3) is 22.3 Å². The van der Waals surface area contributed by atoms with Crippen LogP contribution in [0.3, 0.4) is 0 Å². The number of hydrogen-bond acceptors (Lipinski definition) is 2. The van der Waals surface area contributed by atoms with E-state index in [0.717, 1.165) is 36.0 Å². The highest BCUT2D eigenvalue weighted by atomic mass is 16.1. The van der Waals surface area contributed by atoms with Gasteiger partial charge in [0.05, 0.1) is 11.0 Å². The van der Waals surface area contributed by atoms with Gasteiger partial charge >= 0.3 is 0 Å². The third-order valence-corrected chi connectivity index (χ3v) is 3.64. The van der Waals surface area contributed by atoms with Crippen molar-refractivity contribution >= 4 is 11.0 Å². The monoisotopic (exact) mass is 278 g/mol. The second kappa shape index (κ2) is 5.92. The van der Waals surface area contributed by atoms with Crippen LogP contribution in [0.15, 0.2) is 59.4 Å². The molecule has 1 aromatic heterocycles. The van der Waals surface area contributed by atoms with Crippen LogP contribution in [-0.2, 0) is 6.54 Å². The maximum absolute atomic E-state index is 12.8. The van der Waals surface area contributed by atoms with Gasteiger partial charge in [0.1, 0.15) is 5.69 Å². The SMILES string of the molecule is CCCCn1c(=O)c(-c2ccccc2)nc2ccccc21. The van der Waals surface area contributed by atoms with Crippen molar-refractivity contribution in [3.05, 3.63) is 65.0 Å². The van der Waals surface area contributed by atoms with Gasteiger partial charge in [0.25, 0.3) is 5.56 Å². The molecular formula is C18H18N2O. The molecule has 0 fully saturated rings. The Hall–Kier alpha value is -2.42. The molecule has 0 radical (unpaired) electrons. The molecule has 0 unspecified atom stereocenters. The lowest BCUT2D eigenvalue weighted by molar-refractivity contribution is 0.630. The molecular weight excluding hydrogens is 260 g/mol. The largest absolute Gasteiger partial charge is 0.305 e. The van der Waals surface area contributed by atoms with Crippen molar-refractivity contribution < 1.29 is 0 Å². The smallest absolute Gasteiger partial charge is 0.277 e. The topological polar surface area (TPSA) is 34.9 Å². The molecule has 3 heteroatoms. The lowest BCUT2D eigenvalue weighted by Crippen LogP contribution is -2.23. The Morgan fingerprint density at radius 1 is 1.00 bits per heavy atom. The fourth-order valence-electron chi connectivity index (χ4n) is 2.51. The van der Waals surface area contributed by atoms with Crippen molar-refractivity contribution in [3.63, 3.8) is 0 Å². The Morgan fingerprint density at radius 2 is 1.71 bits per heavy atom. The van der Waals surface area contributed by atoms with Crippen LogP contribution in [0.5, 0.6) is 0 Å². The molecule has 0 amide bonds. The number of fused-ring (bicyclic) bond motifs is 1. The zero-order chi connectivity index (χ0) is 14.7. The first-order valence-corrected chi connectivity index (χ1v) is 7.36. The van der Waals surface area contributed by atoms with Gasteiger partial charge in [-0.3, -0.25) is 4.79 Å². The molecule has 0 aliphatic carbocycles. The van der Waals surface area contributed by atoms with Crippen molar-refractivity contribution in [2.45, 2.75) is 26.3 Å². The Labute approximate surface area is 123 Å². The van der Waals surface area contributed by atoms with E-state index < -0.39 is 0 Å². The Balaban J connectivity index is 2.27. The van der Waals surface area contributed by atoms with Crippen LogP contribution in [0.1, 0.15) is 19.8 Å². The summed E-state index contributed by atoms with van der Waals surface area (Å²) < 4.78 is 1.86. The molecule has 0 saturated carbocycles.